The number of sulfonamides is 1. The number of nitrogens with zero attached hydrogens (tertiary/aromatic N) is 4. The van der Waals surface area contributed by atoms with Gasteiger partial charge in [0.05, 0.1) is 25.2 Å². The van der Waals surface area contributed by atoms with E-state index in [2.05, 4.69) is 24.7 Å². The molecular formula is C27H27N5O4S. The van der Waals surface area contributed by atoms with Crippen LogP contribution in [0.15, 0.2) is 60.3 Å². The molecule has 0 spiro atoms. The second-order valence-corrected chi connectivity index (χ2v) is 9.88. The first-order chi connectivity index (χ1) is 17.7. The predicted octanol–water partition coefficient (Wildman–Crippen LogP) is 4.96. The van der Waals surface area contributed by atoms with E-state index in [9.17, 15) is 8.42 Å². The number of aromatic nitrogens is 4. The molecule has 0 aliphatic heterocycles. The van der Waals surface area contributed by atoms with Crippen LogP contribution < -0.4 is 14.2 Å². The molecule has 2 heterocycles. The van der Waals surface area contributed by atoms with Gasteiger partial charge in [0.1, 0.15) is 5.75 Å². The van der Waals surface area contributed by atoms with Crippen LogP contribution in [0.3, 0.4) is 0 Å². The molecule has 0 saturated heterocycles. The van der Waals surface area contributed by atoms with Crippen molar-refractivity contribution in [1.29, 1.82) is 0 Å². The second-order valence-electron chi connectivity index (χ2n) is 8.31. The SMILES string of the molecule is COc1ccccc1-c1c(NS(=O)(=O)/C=C/c2c(C)cc(C)cc2C)nc(-c2ncccn2)nc1OC. The van der Waals surface area contributed by atoms with Gasteiger partial charge in [-0.3, -0.25) is 4.72 Å². The normalized spacial score (nSPS) is 11.5. The van der Waals surface area contributed by atoms with Gasteiger partial charge in [0.25, 0.3) is 10.0 Å². The maximum atomic E-state index is 13.3. The summed E-state index contributed by atoms with van der Waals surface area (Å²) in [5.74, 6) is 0.946. The van der Waals surface area contributed by atoms with Crippen LogP contribution in [0, 0.1) is 20.8 Å². The van der Waals surface area contributed by atoms with Crippen LogP contribution in [0.2, 0.25) is 0 Å². The van der Waals surface area contributed by atoms with Gasteiger partial charge in [0.2, 0.25) is 11.7 Å². The minimum Gasteiger partial charge on any atom is -0.496 e. The number of para-hydroxylation sites is 1. The van der Waals surface area contributed by atoms with Crippen molar-refractivity contribution >= 4 is 21.9 Å². The fraction of sp³-hybridized carbons (Fsp3) is 0.185. The van der Waals surface area contributed by atoms with Crippen molar-refractivity contribution in [3.63, 3.8) is 0 Å². The molecule has 1 N–H and O–H groups in total. The van der Waals surface area contributed by atoms with Crippen molar-refractivity contribution in [3.05, 3.63) is 82.5 Å². The number of anilines is 1. The van der Waals surface area contributed by atoms with Crippen molar-refractivity contribution < 1.29 is 17.9 Å². The van der Waals surface area contributed by atoms with Crippen LogP contribution in [0.4, 0.5) is 5.82 Å². The third-order valence-corrected chi connectivity index (χ3v) is 6.57. The van der Waals surface area contributed by atoms with Crippen LogP contribution in [0.25, 0.3) is 28.9 Å². The number of aryl methyl sites for hydroxylation is 3. The van der Waals surface area contributed by atoms with Crippen LogP contribution >= 0.6 is 0 Å². The van der Waals surface area contributed by atoms with Crippen molar-refractivity contribution in [2.75, 3.05) is 18.9 Å². The highest BCUT2D eigenvalue weighted by Gasteiger charge is 2.24. The molecule has 0 atom stereocenters. The van der Waals surface area contributed by atoms with E-state index in [4.69, 9.17) is 9.47 Å². The summed E-state index contributed by atoms with van der Waals surface area (Å²) in [6.07, 6.45) is 4.67. The van der Waals surface area contributed by atoms with E-state index in [-0.39, 0.29) is 23.3 Å². The molecular weight excluding hydrogens is 490 g/mol. The highest BCUT2D eigenvalue weighted by molar-refractivity contribution is 7.95. The van der Waals surface area contributed by atoms with Gasteiger partial charge in [-0.15, -0.1) is 0 Å². The molecule has 0 aliphatic carbocycles. The molecule has 0 fully saturated rings. The van der Waals surface area contributed by atoms with Crippen LogP contribution in [-0.2, 0) is 10.0 Å². The first-order valence-electron chi connectivity index (χ1n) is 11.4. The standard InChI is InChI=1S/C27H27N5O4S/c1-17-15-18(2)20(19(3)16-17)11-14-37(33,34)32-24-23(21-9-6-7-10-22(21)35-4)27(36-5)31-26(30-24)25-28-12-8-13-29-25/h6-16H,1-5H3,(H,30,31,32)/b14-11+. The van der Waals surface area contributed by atoms with Gasteiger partial charge in [-0.2, -0.15) is 4.98 Å². The highest BCUT2D eigenvalue weighted by Crippen LogP contribution is 2.41. The van der Waals surface area contributed by atoms with E-state index in [0.29, 0.717) is 16.9 Å². The molecule has 0 bridgehead atoms. The summed E-state index contributed by atoms with van der Waals surface area (Å²) in [5, 5.41) is 1.12. The Morgan fingerprint density at radius 1 is 0.865 bits per heavy atom. The maximum Gasteiger partial charge on any atom is 0.256 e. The summed E-state index contributed by atoms with van der Waals surface area (Å²) in [4.78, 5) is 17.3. The van der Waals surface area contributed by atoms with E-state index in [1.54, 1.807) is 48.8 Å². The van der Waals surface area contributed by atoms with E-state index in [0.717, 1.165) is 27.7 Å². The zero-order valence-electron chi connectivity index (χ0n) is 21.2. The Bertz CT molecular complexity index is 1550. The van der Waals surface area contributed by atoms with E-state index in [1.807, 2.05) is 32.9 Å². The minimum absolute atomic E-state index is 0.000744. The molecule has 2 aromatic heterocycles. The number of hydrogen-bond donors (Lipinski definition) is 1. The lowest BCUT2D eigenvalue weighted by Crippen LogP contribution is -2.13. The van der Waals surface area contributed by atoms with E-state index < -0.39 is 10.0 Å². The fourth-order valence-corrected chi connectivity index (χ4v) is 4.85. The lowest BCUT2D eigenvalue weighted by molar-refractivity contribution is 0.397. The quantitative estimate of drug-likeness (QED) is 0.349. The Hall–Kier alpha value is -4.31. The van der Waals surface area contributed by atoms with Gasteiger partial charge in [0, 0.05) is 18.0 Å². The van der Waals surface area contributed by atoms with Crippen molar-refractivity contribution in [3.8, 4) is 34.4 Å². The molecule has 0 unspecified atom stereocenters. The first kappa shape index (κ1) is 25.8. The Kier molecular flexibility index (Phi) is 7.49. The summed E-state index contributed by atoms with van der Waals surface area (Å²) in [6, 6.07) is 12.8. The molecule has 0 amide bonds. The van der Waals surface area contributed by atoms with Crippen LogP contribution in [0.1, 0.15) is 22.3 Å². The first-order valence-corrected chi connectivity index (χ1v) is 12.9. The molecule has 10 heteroatoms. The van der Waals surface area contributed by atoms with Crippen molar-refractivity contribution in [2.24, 2.45) is 0 Å². The van der Waals surface area contributed by atoms with Crippen LogP contribution in [0.5, 0.6) is 11.6 Å². The zero-order valence-corrected chi connectivity index (χ0v) is 22.0. The van der Waals surface area contributed by atoms with Gasteiger partial charge >= 0.3 is 0 Å². The van der Waals surface area contributed by atoms with Gasteiger partial charge in [0.15, 0.2) is 11.6 Å². The average Bonchev–Trinajstić information content (AvgIpc) is 2.87. The lowest BCUT2D eigenvalue weighted by atomic mass is 10.0. The summed E-state index contributed by atoms with van der Waals surface area (Å²) < 4.78 is 40.2. The molecule has 2 aromatic carbocycles. The third-order valence-electron chi connectivity index (χ3n) is 5.60. The number of ether oxygens (including phenoxy) is 2. The van der Waals surface area contributed by atoms with Gasteiger partial charge in [-0.05, 0) is 55.7 Å². The molecule has 0 radical (unpaired) electrons. The van der Waals surface area contributed by atoms with Gasteiger partial charge in [-0.1, -0.05) is 35.9 Å². The molecule has 37 heavy (non-hydrogen) atoms. The smallest absolute Gasteiger partial charge is 0.256 e. The Labute approximate surface area is 216 Å². The van der Waals surface area contributed by atoms with E-state index in [1.165, 1.54) is 14.2 Å². The third kappa shape index (κ3) is 5.75. The molecule has 0 saturated carbocycles. The highest BCUT2D eigenvalue weighted by atomic mass is 32.2. The number of hydrogen-bond acceptors (Lipinski definition) is 8. The molecule has 4 aromatic rings. The maximum absolute atomic E-state index is 13.3. The average molecular weight is 518 g/mol. The molecule has 190 valence electrons. The van der Waals surface area contributed by atoms with Crippen LogP contribution in [-0.4, -0.2) is 42.6 Å². The number of benzene rings is 2. The summed E-state index contributed by atoms with van der Waals surface area (Å²) >= 11 is 0. The number of methoxy groups -OCH3 is 2. The fourth-order valence-electron chi connectivity index (χ4n) is 4.05. The zero-order chi connectivity index (χ0) is 26.6. The summed E-state index contributed by atoms with van der Waals surface area (Å²) in [5.41, 5.74) is 4.77. The molecule has 9 nitrogen and oxygen atoms in total. The van der Waals surface area contributed by atoms with Crippen molar-refractivity contribution in [2.45, 2.75) is 20.8 Å². The molecule has 0 aliphatic rings. The van der Waals surface area contributed by atoms with E-state index >= 15 is 0 Å². The molecule has 4 rings (SSSR count). The monoisotopic (exact) mass is 517 g/mol. The number of rotatable bonds is 8. The Morgan fingerprint density at radius 3 is 2.19 bits per heavy atom. The Morgan fingerprint density at radius 2 is 1.54 bits per heavy atom. The van der Waals surface area contributed by atoms with Gasteiger partial charge < -0.3 is 9.47 Å². The number of nitrogens with one attached hydrogen (secondary N) is 1. The summed E-state index contributed by atoms with van der Waals surface area (Å²) in [6.45, 7) is 5.89. The largest absolute Gasteiger partial charge is 0.496 e. The topological polar surface area (TPSA) is 116 Å². The lowest BCUT2D eigenvalue weighted by Gasteiger charge is -2.16. The van der Waals surface area contributed by atoms with Crippen molar-refractivity contribution in [1.82, 2.24) is 19.9 Å². The minimum atomic E-state index is -4.01. The van der Waals surface area contributed by atoms with Gasteiger partial charge in [-0.25, -0.2) is 23.4 Å². The Balaban J connectivity index is 1.86. The second kappa shape index (κ2) is 10.8. The predicted molar refractivity (Wildman–Crippen MR) is 144 cm³/mol. The summed E-state index contributed by atoms with van der Waals surface area (Å²) in [7, 11) is -1.04.